The van der Waals surface area contributed by atoms with Gasteiger partial charge in [0.15, 0.2) is 0 Å². The van der Waals surface area contributed by atoms with Gasteiger partial charge in [-0.15, -0.1) is 68.0 Å². The lowest BCUT2D eigenvalue weighted by atomic mass is 10.3. The zero-order valence-corrected chi connectivity index (χ0v) is 25.1. The van der Waals surface area contributed by atoms with Crippen molar-refractivity contribution in [3.63, 3.8) is 0 Å². The zero-order chi connectivity index (χ0) is 27.6. The SMILES string of the molecule is [C-]#[N+]C(=Cc1ccc(-c2ccc(-c3cc4sc(-c5ccc(-c6ccc(C=C(C#N)C#N)s6)s5)cc4s3)s2)s1)[N+]#[C-]. The molecule has 0 atom stereocenters. The van der Waals surface area contributed by atoms with Gasteiger partial charge in [0.05, 0.1) is 0 Å². The molecule has 0 N–H and O–H groups in total. The van der Waals surface area contributed by atoms with Crippen LogP contribution in [0.3, 0.4) is 0 Å². The lowest BCUT2D eigenvalue weighted by molar-refractivity contribution is 1.47. The lowest BCUT2D eigenvalue weighted by Crippen LogP contribution is -1.68. The van der Waals surface area contributed by atoms with E-state index in [9.17, 15) is 0 Å². The number of allylic oxidation sites excluding steroid dienone is 1. The van der Waals surface area contributed by atoms with Crippen LogP contribution in [-0.2, 0) is 0 Å². The Hall–Kier alpha value is -4.10. The van der Waals surface area contributed by atoms with Crippen molar-refractivity contribution in [2.45, 2.75) is 0 Å². The van der Waals surface area contributed by atoms with E-state index in [0.717, 1.165) is 19.5 Å². The summed E-state index contributed by atoms with van der Waals surface area (Å²) in [6.45, 7) is 14.2. The normalized spacial score (nSPS) is 10.4. The van der Waals surface area contributed by atoms with E-state index in [1.807, 2.05) is 30.3 Å². The molecule has 0 aliphatic heterocycles. The predicted octanol–water partition coefficient (Wildman–Crippen LogP) is 11.4. The highest BCUT2D eigenvalue weighted by molar-refractivity contribution is 7.34. The summed E-state index contributed by atoms with van der Waals surface area (Å²) in [4.78, 5) is 17.9. The summed E-state index contributed by atoms with van der Waals surface area (Å²) in [6.07, 6.45) is 3.27. The summed E-state index contributed by atoms with van der Waals surface area (Å²) in [5, 5.41) is 18.0. The number of rotatable bonds is 6. The summed E-state index contributed by atoms with van der Waals surface area (Å²) in [6, 6.07) is 25.0. The first kappa shape index (κ1) is 26.1. The van der Waals surface area contributed by atoms with E-state index in [1.165, 1.54) is 38.7 Å². The predicted molar refractivity (Wildman–Crippen MR) is 173 cm³/mol. The van der Waals surface area contributed by atoms with Gasteiger partial charge in [-0.2, -0.15) is 20.2 Å². The Labute approximate surface area is 254 Å². The largest absolute Gasteiger partial charge is 0.520 e. The third-order valence-electron chi connectivity index (χ3n) is 5.67. The first-order chi connectivity index (χ1) is 19.6. The van der Waals surface area contributed by atoms with Crippen molar-refractivity contribution in [1.29, 1.82) is 10.5 Å². The number of nitriles is 2. The van der Waals surface area contributed by atoms with E-state index in [4.69, 9.17) is 23.7 Å². The molecule has 0 radical (unpaired) electrons. The van der Waals surface area contributed by atoms with Crippen molar-refractivity contribution < 1.29 is 0 Å². The Kier molecular flexibility index (Phi) is 7.30. The molecule has 6 heterocycles. The van der Waals surface area contributed by atoms with Crippen molar-refractivity contribution in [3.05, 3.63) is 105 Å². The number of thiophene rings is 6. The number of nitrogens with zero attached hydrogens (tertiary/aromatic N) is 4. The van der Waals surface area contributed by atoms with Crippen molar-refractivity contribution in [2.24, 2.45) is 0 Å². The highest BCUT2D eigenvalue weighted by atomic mass is 32.1. The second-order valence-electron chi connectivity index (χ2n) is 8.19. The highest BCUT2D eigenvalue weighted by Crippen LogP contribution is 2.47. The average molecular weight is 621 g/mol. The van der Waals surface area contributed by atoms with Crippen LogP contribution in [0.4, 0.5) is 0 Å². The van der Waals surface area contributed by atoms with Crippen LogP contribution < -0.4 is 0 Å². The maximum atomic E-state index is 9.00. The third kappa shape index (κ3) is 5.21. The molecule has 0 spiro atoms. The molecule has 6 aromatic heterocycles. The minimum Gasteiger partial charge on any atom is -0.192 e. The molecule has 0 amide bonds. The topological polar surface area (TPSA) is 56.3 Å². The number of hydrogen-bond acceptors (Lipinski definition) is 8. The van der Waals surface area contributed by atoms with Crippen LogP contribution in [0, 0.1) is 35.8 Å². The summed E-state index contributed by atoms with van der Waals surface area (Å²) in [7, 11) is 0. The fourth-order valence-corrected chi connectivity index (χ4v) is 10.5. The van der Waals surface area contributed by atoms with Crippen molar-refractivity contribution in [1.82, 2.24) is 0 Å². The van der Waals surface area contributed by atoms with Gasteiger partial charge in [-0.05, 0) is 66.7 Å². The van der Waals surface area contributed by atoms with Crippen molar-refractivity contribution in [3.8, 4) is 51.2 Å². The van der Waals surface area contributed by atoms with E-state index in [1.54, 1.807) is 80.2 Å². The van der Waals surface area contributed by atoms with Crippen LogP contribution in [-0.4, -0.2) is 0 Å². The van der Waals surface area contributed by atoms with Gasteiger partial charge < -0.3 is 0 Å². The van der Waals surface area contributed by atoms with Gasteiger partial charge in [0.2, 0.25) is 0 Å². The molecule has 0 aliphatic rings. The molecule has 10 heteroatoms. The van der Waals surface area contributed by atoms with Crippen LogP contribution in [0.2, 0.25) is 0 Å². The maximum absolute atomic E-state index is 9.00. The minimum absolute atomic E-state index is 0.0808. The molecule has 6 rings (SSSR count). The summed E-state index contributed by atoms with van der Waals surface area (Å²) in [5.41, 5.74) is 0.110. The van der Waals surface area contributed by atoms with E-state index < -0.39 is 0 Å². The third-order valence-corrected chi connectivity index (χ3v) is 13.0. The Morgan fingerprint density at radius 1 is 0.550 bits per heavy atom. The summed E-state index contributed by atoms with van der Waals surface area (Å²) >= 11 is 10.3. The monoisotopic (exact) mass is 620 g/mol. The molecule has 40 heavy (non-hydrogen) atoms. The van der Waals surface area contributed by atoms with E-state index in [2.05, 4.69) is 52.2 Å². The molecule has 188 valence electrons. The Bertz CT molecular complexity index is 1910. The second kappa shape index (κ2) is 11.2. The molecular weight excluding hydrogens is 609 g/mol. The quantitative estimate of drug-likeness (QED) is 0.137. The molecular formula is C30H12N4S6. The smallest absolute Gasteiger partial charge is 0.192 e. The van der Waals surface area contributed by atoms with Crippen molar-refractivity contribution in [2.75, 3.05) is 0 Å². The number of fused-ring (bicyclic) bond motifs is 1. The van der Waals surface area contributed by atoms with Crippen LogP contribution in [0.25, 0.3) is 70.3 Å². The Balaban J connectivity index is 1.21. The summed E-state index contributed by atoms with van der Waals surface area (Å²) in [5.74, 6) is 0.0808. The Morgan fingerprint density at radius 3 is 1.40 bits per heavy atom. The van der Waals surface area contributed by atoms with Crippen molar-refractivity contribution >= 4 is 89.6 Å². The fraction of sp³-hybridized carbons (Fsp3) is 0. The number of hydrogen-bond donors (Lipinski definition) is 0. The second-order valence-corrected chi connectivity index (χ2v) is 14.8. The molecule has 0 unspecified atom stereocenters. The molecule has 0 fully saturated rings. The Morgan fingerprint density at radius 2 is 0.950 bits per heavy atom. The highest BCUT2D eigenvalue weighted by Gasteiger charge is 2.15. The molecule has 0 bridgehead atoms. The molecule has 0 saturated carbocycles. The van der Waals surface area contributed by atoms with E-state index in [-0.39, 0.29) is 11.4 Å². The van der Waals surface area contributed by atoms with E-state index >= 15 is 0 Å². The fourth-order valence-electron chi connectivity index (χ4n) is 3.86. The maximum Gasteiger partial charge on any atom is 0.520 e. The van der Waals surface area contributed by atoms with Crippen LogP contribution >= 0.6 is 68.0 Å². The van der Waals surface area contributed by atoms with Crippen LogP contribution in [0.1, 0.15) is 9.75 Å². The van der Waals surface area contributed by atoms with Gasteiger partial charge in [-0.1, -0.05) is 0 Å². The van der Waals surface area contributed by atoms with Gasteiger partial charge in [0.1, 0.15) is 30.9 Å². The standard InChI is InChI=1S/C30H12N4S6/c1-33-30(34-2)12-19-4-6-21(36-19)23-8-10-25(38-23)27-14-29-28(40-27)13-26(39-29)24-9-7-22(37-24)20-5-3-18(35-20)11-17(15-31)16-32/h3-14H. The zero-order valence-electron chi connectivity index (χ0n) is 20.2. The van der Waals surface area contributed by atoms with Gasteiger partial charge in [0.25, 0.3) is 0 Å². The average Bonchev–Trinajstić information content (AvgIpc) is 3.80. The van der Waals surface area contributed by atoms with E-state index in [0.29, 0.717) is 0 Å². The minimum atomic E-state index is 0.0808. The molecule has 0 saturated heterocycles. The first-order valence-corrected chi connectivity index (χ1v) is 16.4. The van der Waals surface area contributed by atoms with Gasteiger partial charge in [-0.25, -0.2) is 0 Å². The van der Waals surface area contributed by atoms with Gasteiger partial charge in [0, 0.05) is 64.2 Å². The lowest BCUT2D eigenvalue weighted by Gasteiger charge is -1.92. The van der Waals surface area contributed by atoms with Gasteiger partial charge in [-0.3, -0.25) is 0 Å². The van der Waals surface area contributed by atoms with Crippen LogP contribution in [0.15, 0.2) is 72.1 Å². The molecule has 4 nitrogen and oxygen atoms in total. The molecule has 0 aliphatic carbocycles. The molecule has 6 aromatic rings. The molecule has 0 aromatic carbocycles. The van der Waals surface area contributed by atoms with Crippen LogP contribution in [0.5, 0.6) is 0 Å². The summed E-state index contributed by atoms with van der Waals surface area (Å²) < 4.78 is 2.55. The van der Waals surface area contributed by atoms with Gasteiger partial charge >= 0.3 is 5.82 Å². The first-order valence-electron chi connectivity index (χ1n) is 11.5.